The quantitative estimate of drug-likeness (QED) is 0.779. The molecule has 1 fully saturated rings. The number of nitrogens with zero attached hydrogens (tertiary/aromatic N) is 1. The molecule has 144 valence electrons. The standard InChI is InChI=1S/C23H31N3O/c1-18(21-9-6-10-23(17-21)25-19(2)27)24-22-12-15-26(16-13-22)14-11-20-7-4-3-5-8-20/h3-10,17-18,22,24H,11-16H2,1-2H3,(H,25,27). The lowest BCUT2D eigenvalue weighted by molar-refractivity contribution is -0.114. The second-order valence-electron chi connectivity index (χ2n) is 7.55. The summed E-state index contributed by atoms with van der Waals surface area (Å²) < 4.78 is 0. The largest absolute Gasteiger partial charge is 0.326 e. The Kier molecular flexibility index (Phi) is 7.02. The van der Waals surface area contributed by atoms with Crippen LogP contribution in [0.2, 0.25) is 0 Å². The molecule has 0 aromatic heterocycles. The van der Waals surface area contributed by atoms with Crippen LogP contribution >= 0.6 is 0 Å². The Morgan fingerprint density at radius 1 is 1.11 bits per heavy atom. The van der Waals surface area contributed by atoms with Crippen LogP contribution in [0, 0.1) is 0 Å². The predicted molar refractivity (Wildman–Crippen MR) is 112 cm³/mol. The van der Waals surface area contributed by atoms with Crippen LogP contribution in [0.5, 0.6) is 0 Å². The van der Waals surface area contributed by atoms with Crippen LogP contribution in [-0.2, 0) is 11.2 Å². The van der Waals surface area contributed by atoms with E-state index in [9.17, 15) is 4.79 Å². The number of piperidine rings is 1. The summed E-state index contributed by atoms with van der Waals surface area (Å²) in [4.78, 5) is 13.8. The van der Waals surface area contributed by atoms with Crippen molar-refractivity contribution in [3.05, 3.63) is 65.7 Å². The molecule has 4 nitrogen and oxygen atoms in total. The van der Waals surface area contributed by atoms with E-state index in [-0.39, 0.29) is 11.9 Å². The van der Waals surface area contributed by atoms with Gasteiger partial charge in [-0.3, -0.25) is 4.79 Å². The normalized spacial score (nSPS) is 16.8. The highest BCUT2D eigenvalue weighted by atomic mass is 16.1. The number of carbonyl (C=O) groups is 1. The lowest BCUT2D eigenvalue weighted by Gasteiger charge is -2.34. The molecule has 3 rings (SSSR count). The molecule has 1 aliphatic heterocycles. The first-order valence-electron chi connectivity index (χ1n) is 10.00. The molecule has 1 heterocycles. The zero-order chi connectivity index (χ0) is 19.1. The average molecular weight is 366 g/mol. The van der Waals surface area contributed by atoms with Gasteiger partial charge in [0.2, 0.25) is 5.91 Å². The molecule has 0 spiro atoms. The number of benzene rings is 2. The Hall–Kier alpha value is -2.17. The van der Waals surface area contributed by atoms with Crippen molar-refractivity contribution in [2.75, 3.05) is 25.0 Å². The van der Waals surface area contributed by atoms with Gasteiger partial charge in [-0.25, -0.2) is 0 Å². The van der Waals surface area contributed by atoms with Crippen LogP contribution < -0.4 is 10.6 Å². The Morgan fingerprint density at radius 3 is 2.56 bits per heavy atom. The lowest BCUT2D eigenvalue weighted by Crippen LogP contribution is -2.43. The van der Waals surface area contributed by atoms with Gasteiger partial charge in [-0.2, -0.15) is 0 Å². The Bertz CT molecular complexity index is 723. The number of likely N-dealkylation sites (tertiary alicyclic amines) is 1. The van der Waals surface area contributed by atoms with Crippen molar-refractivity contribution in [3.8, 4) is 0 Å². The average Bonchev–Trinajstić information content (AvgIpc) is 2.68. The van der Waals surface area contributed by atoms with Gasteiger partial charge in [-0.1, -0.05) is 42.5 Å². The van der Waals surface area contributed by atoms with Crippen LogP contribution in [0.4, 0.5) is 5.69 Å². The van der Waals surface area contributed by atoms with Crippen LogP contribution in [0.15, 0.2) is 54.6 Å². The highest BCUT2D eigenvalue weighted by Crippen LogP contribution is 2.20. The summed E-state index contributed by atoms with van der Waals surface area (Å²) in [6, 6.07) is 19.7. The fourth-order valence-electron chi connectivity index (χ4n) is 3.79. The fraction of sp³-hybridized carbons (Fsp3) is 0.435. The Balaban J connectivity index is 1.44. The summed E-state index contributed by atoms with van der Waals surface area (Å²) in [5.74, 6) is -0.0318. The molecule has 2 aromatic rings. The fourth-order valence-corrected chi connectivity index (χ4v) is 3.79. The summed E-state index contributed by atoms with van der Waals surface area (Å²) >= 11 is 0. The molecular weight excluding hydrogens is 334 g/mol. The summed E-state index contributed by atoms with van der Waals surface area (Å²) in [6.07, 6.45) is 3.50. The van der Waals surface area contributed by atoms with Crippen molar-refractivity contribution in [1.82, 2.24) is 10.2 Å². The number of hydrogen-bond donors (Lipinski definition) is 2. The third-order valence-electron chi connectivity index (χ3n) is 5.34. The van der Waals surface area contributed by atoms with E-state index in [2.05, 4.69) is 64.9 Å². The van der Waals surface area contributed by atoms with E-state index >= 15 is 0 Å². The summed E-state index contributed by atoms with van der Waals surface area (Å²) in [7, 11) is 0. The van der Waals surface area contributed by atoms with Gasteiger partial charge in [0.25, 0.3) is 0 Å². The van der Waals surface area contributed by atoms with Crippen LogP contribution in [-0.4, -0.2) is 36.5 Å². The van der Waals surface area contributed by atoms with Gasteiger partial charge in [0.1, 0.15) is 0 Å². The van der Waals surface area contributed by atoms with Crippen molar-refractivity contribution < 1.29 is 4.79 Å². The van der Waals surface area contributed by atoms with Crippen LogP contribution in [0.3, 0.4) is 0 Å². The van der Waals surface area contributed by atoms with Gasteiger partial charge >= 0.3 is 0 Å². The van der Waals surface area contributed by atoms with E-state index in [1.54, 1.807) is 6.92 Å². The minimum Gasteiger partial charge on any atom is -0.326 e. The van der Waals surface area contributed by atoms with Gasteiger partial charge in [-0.15, -0.1) is 0 Å². The van der Waals surface area contributed by atoms with Crippen molar-refractivity contribution >= 4 is 11.6 Å². The minimum absolute atomic E-state index is 0.0318. The van der Waals surface area contributed by atoms with Crippen molar-refractivity contribution in [1.29, 1.82) is 0 Å². The molecule has 2 aromatic carbocycles. The summed E-state index contributed by atoms with van der Waals surface area (Å²) in [6.45, 7) is 7.20. The molecule has 1 amide bonds. The third kappa shape index (κ3) is 6.19. The van der Waals surface area contributed by atoms with Gasteiger partial charge < -0.3 is 15.5 Å². The third-order valence-corrected chi connectivity index (χ3v) is 5.34. The molecular formula is C23H31N3O. The number of rotatable bonds is 7. The first-order chi connectivity index (χ1) is 13.1. The molecule has 0 radical (unpaired) electrons. The maximum atomic E-state index is 11.3. The van der Waals surface area contributed by atoms with Gasteiger partial charge in [0.05, 0.1) is 0 Å². The second kappa shape index (κ2) is 9.67. The van der Waals surface area contributed by atoms with Crippen LogP contribution in [0.25, 0.3) is 0 Å². The zero-order valence-corrected chi connectivity index (χ0v) is 16.4. The van der Waals surface area contributed by atoms with E-state index in [4.69, 9.17) is 0 Å². The monoisotopic (exact) mass is 365 g/mol. The maximum Gasteiger partial charge on any atom is 0.221 e. The molecule has 2 N–H and O–H groups in total. The highest BCUT2D eigenvalue weighted by molar-refractivity contribution is 5.88. The minimum atomic E-state index is -0.0318. The molecule has 4 heteroatoms. The van der Waals surface area contributed by atoms with E-state index in [1.807, 2.05) is 12.1 Å². The van der Waals surface area contributed by atoms with E-state index in [0.717, 1.165) is 31.7 Å². The Morgan fingerprint density at radius 2 is 1.85 bits per heavy atom. The maximum absolute atomic E-state index is 11.3. The molecule has 0 saturated carbocycles. The van der Waals surface area contributed by atoms with Gasteiger partial charge in [0, 0.05) is 31.2 Å². The molecule has 0 bridgehead atoms. The summed E-state index contributed by atoms with van der Waals surface area (Å²) in [5, 5.41) is 6.63. The molecule has 1 saturated heterocycles. The summed E-state index contributed by atoms with van der Waals surface area (Å²) in [5.41, 5.74) is 3.50. The number of anilines is 1. The lowest BCUT2D eigenvalue weighted by atomic mass is 10.0. The number of hydrogen-bond acceptors (Lipinski definition) is 3. The topological polar surface area (TPSA) is 44.4 Å². The number of amides is 1. The predicted octanol–water partition coefficient (Wildman–Crippen LogP) is 4.00. The number of nitrogens with one attached hydrogen (secondary N) is 2. The first kappa shape index (κ1) is 19.6. The molecule has 1 aliphatic rings. The Labute approximate surface area is 163 Å². The second-order valence-corrected chi connectivity index (χ2v) is 7.55. The van der Waals surface area contributed by atoms with E-state index < -0.39 is 0 Å². The molecule has 27 heavy (non-hydrogen) atoms. The smallest absolute Gasteiger partial charge is 0.221 e. The highest BCUT2D eigenvalue weighted by Gasteiger charge is 2.20. The SMILES string of the molecule is CC(=O)Nc1cccc(C(C)NC2CCN(CCc3ccccc3)CC2)c1. The molecule has 1 unspecified atom stereocenters. The molecule has 1 atom stereocenters. The number of carbonyl (C=O) groups excluding carboxylic acids is 1. The van der Waals surface area contributed by atoms with E-state index in [1.165, 1.54) is 24.0 Å². The molecule has 0 aliphatic carbocycles. The zero-order valence-electron chi connectivity index (χ0n) is 16.4. The van der Waals surface area contributed by atoms with E-state index in [0.29, 0.717) is 6.04 Å². The van der Waals surface area contributed by atoms with Crippen LogP contribution in [0.1, 0.15) is 43.9 Å². The van der Waals surface area contributed by atoms with Crippen molar-refractivity contribution in [3.63, 3.8) is 0 Å². The first-order valence-corrected chi connectivity index (χ1v) is 10.00. The van der Waals surface area contributed by atoms with Gasteiger partial charge in [0.15, 0.2) is 0 Å². The van der Waals surface area contributed by atoms with Gasteiger partial charge in [-0.05, 0) is 62.5 Å². The van der Waals surface area contributed by atoms with Crippen molar-refractivity contribution in [2.24, 2.45) is 0 Å². The van der Waals surface area contributed by atoms with Crippen molar-refractivity contribution in [2.45, 2.75) is 45.2 Å².